The van der Waals surface area contributed by atoms with Crippen LogP contribution in [0.5, 0.6) is 0 Å². The number of aromatic nitrogens is 1. The average Bonchev–Trinajstić information content (AvgIpc) is 2.61. The van der Waals surface area contributed by atoms with Gasteiger partial charge in [0, 0.05) is 10.7 Å². The molecule has 1 atom stereocenters. The molecular weight excluding hydrogens is 336 g/mol. The molecule has 25 heavy (non-hydrogen) atoms. The number of benzene rings is 2. The van der Waals surface area contributed by atoms with Gasteiger partial charge in [-0.25, -0.2) is 0 Å². The smallest absolute Gasteiger partial charge is 0.260 e. The molecule has 0 aliphatic carbocycles. The first kappa shape index (κ1) is 17.0. The number of pyridine rings is 1. The van der Waals surface area contributed by atoms with Crippen molar-refractivity contribution in [3.63, 3.8) is 0 Å². The highest BCUT2D eigenvalue weighted by atomic mass is 35.5. The van der Waals surface area contributed by atoms with Crippen molar-refractivity contribution in [3.05, 3.63) is 104 Å². The second-order valence-electron chi connectivity index (χ2n) is 5.75. The lowest BCUT2D eigenvalue weighted by Crippen LogP contribution is -2.33. The number of hydrogen-bond acceptors (Lipinski definition) is 2. The predicted octanol–water partition coefficient (Wildman–Crippen LogP) is 3.86. The molecule has 1 amide bonds. The monoisotopic (exact) mass is 352 g/mol. The maximum atomic E-state index is 12.6. The summed E-state index contributed by atoms with van der Waals surface area (Å²) in [5.41, 5.74) is 2.19. The summed E-state index contributed by atoms with van der Waals surface area (Å²) in [6, 6.07) is 19.7. The van der Waals surface area contributed by atoms with Crippen LogP contribution in [0.1, 0.15) is 33.2 Å². The van der Waals surface area contributed by atoms with Crippen molar-refractivity contribution in [1.82, 2.24) is 10.3 Å². The first-order chi connectivity index (χ1) is 12.0. The maximum absolute atomic E-state index is 12.6. The van der Waals surface area contributed by atoms with E-state index in [4.69, 9.17) is 11.6 Å². The minimum Gasteiger partial charge on any atom is -0.341 e. The fraction of sp³-hybridized carbons (Fsp3) is 0.100. The normalized spacial score (nSPS) is 11.8. The highest BCUT2D eigenvalue weighted by molar-refractivity contribution is 6.30. The van der Waals surface area contributed by atoms with Crippen LogP contribution in [0.2, 0.25) is 5.02 Å². The Bertz CT molecular complexity index is 934. The lowest BCUT2D eigenvalue weighted by atomic mass is 9.98. The second kappa shape index (κ2) is 7.36. The molecule has 0 aliphatic rings. The number of aromatic amines is 1. The Kier molecular flexibility index (Phi) is 5.00. The summed E-state index contributed by atoms with van der Waals surface area (Å²) in [5, 5.41) is 3.57. The van der Waals surface area contributed by atoms with E-state index in [1.165, 1.54) is 6.07 Å². The van der Waals surface area contributed by atoms with Crippen molar-refractivity contribution in [2.24, 2.45) is 0 Å². The van der Waals surface area contributed by atoms with Gasteiger partial charge in [0.15, 0.2) is 0 Å². The molecule has 126 valence electrons. The van der Waals surface area contributed by atoms with Gasteiger partial charge in [0.2, 0.25) is 0 Å². The van der Waals surface area contributed by atoms with E-state index in [0.717, 1.165) is 11.1 Å². The number of hydrogen-bond donors (Lipinski definition) is 2. The zero-order valence-corrected chi connectivity index (χ0v) is 14.4. The molecule has 1 heterocycles. The molecule has 4 nitrogen and oxygen atoms in total. The molecule has 0 aliphatic heterocycles. The molecule has 0 bridgehead atoms. The molecule has 5 heteroatoms. The van der Waals surface area contributed by atoms with Crippen molar-refractivity contribution >= 4 is 17.5 Å². The minimum atomic E-state index is -0.426. The van der Waals surface area contributed by atoms with Crippen molar-refractivity contribution in [3.8, 4) is 0 Å². The van der Waals surface area contributed by atoms with Crippen molar-refractivity contribution < 1.29 is 4.79 Å². The molecule has 0 saturated carbocycles. The summed E-state index contributed by atoms with van der Waals surface area (Å²) in [5.74, 6) is -0.426. The van der Waals surface area contributed by atoms with E-state index in [9.17, 15) is 9.59 Å². The molecule has 2 N–H and O–H groups in total. The summed E-state index contributed by atoms with van der Waals surface area (Å²) in [4.78, 5) is 27.3. The Labute approximate surface area is 150 Å². The molecule has 3 rings (SSSR count). The third-order valence-electron chi connectivity index (χ3n) is 3.91. The molecule has 0 radical (unpaired) electrons. The molecule has 0 saturated heterocycles. The SMILES string of the molecule is Cc1ccc(C(=O)NC(c2ccccc2)c2ccc(Cl)cc2)c(=O)[nH]1. The Morgan fingerprint density at radius 1 is 0.960 bits per heavy atom. The number of halogens is 1. The van der Waals surface area contributed by atoms with E-state index < -0.39 is 11.5 Å². The molecule has 1 aromatic heterocycles. The number of nitrogens with one attached hydrogen (secondary N) is 2. The lowest BCUT2D eigenvalue weighted by molar-refractivity contribution is 0.0941. The quantitative estimate of drug-likeness (QED) is 0.749. The standard InChI is InChI=1S/C20H17ClN2O2/c1-13-7-12-17(19(24)22-13)20(25)23-18(14-5-3-2-4-6-14)15-8-10-16(21)11-9-15/h2-12,18H,1H3,(H,22,24)(H,23,25). The van der Waals surface area contributed by atoms with E-state index in [-0.39, 0.29) is 11.6 Å². The molecule has 0 fully saturated rings. The van der Waals surface area contributed by atoms with Crippen LogP contribution in [0.3, 0.4) is 0 Å². The molecule has 3 aromatic rings. The summed E-state index contributed by atoms with van der Waals surface area (Å²) in [7, 11) is 0. The lowest BCUT2D eigenvalue weighted by Gasteiger charge is -2.20. The number of carbonyl (C=O) groups excluding carboxylic acids is 1. The van der Waals surface area contributed by atoms with Crippen molar-refractivity contribution in [1.29, 1.82) is 0 Å². The highest BCUT2D eigenvalue weighted by Crippen LogP contribution is 2.23. The average molecular weight is 353 g/mol. The van der Waals surface area contributed by atoms with Gasteiger partial charge in [0.1, 0.15) is 5.56 Å². The van der Waals surface area contributed by atoms with Crippen LogP contribution in [0.4, 0.5) is 0 Å². The van der Waals surface area contributed by atoms with E-state index in [1.807, 2.05) is 42.5 Å². The molecule has 2 aromatic carbocycles. The van der Waals surface area contributed by atoms with Crippen LogP contribution in [0, 0.1) is 6.92 Å². The van der Waals surface area contributed by atoms with Gasteiger partial charge in [0.25, 0.3) is 11.5 Å². The van der Waals surface area contributed by atoms with Crippen LogP contribution in [0.25, 0.3) is 0 Å². The van der Waals surface area contributed by atoms with Crippen molar-refractivity contribution in [2.45, 2.75) is 13.0 Å². The third kappa shape index (κ3) is 3.98. The third-order valence-corrected chi connectivity index (χ3v) is 4.16. The summed E-state index contributed by atoms with van der Waals surface area (Å²) in [6.45, 7) is 1.77. The molecular formula is C20H17ClN2O2. The van der Waals surface area contributed by atoms with E-state index in [0.29, 0.717) is 10.7 Å². The van der Waals surface area contributed by atoms with Gasteiger partial charge in [-0.1, -0.05) is 54.1 Å². The summed E-state index contributed by atoms with van der Waals surface area (Å²) >= 11 is 5.97. The second-order valence-corrected chi connectivity index (χ2v) is 6.19. The number of H-pyrrole nitrogens is 1. The van der Waals surface area contributed by atoms with Gasteiger partial charge in [-0.15, -0.1) is 0 Å². The van der Waals surface area contributed by atoms with Crippen LogP contribution >= 0.6 is 11.6 Å². The van der Waals surface area contributed by atoms with Crippen LogP contribution in [-0.2, 0) is 0 Å². The fourth-order valence-electron chi connectivity index (χ4n) is 2.62. The maximum Gasteiger partial charge on any atom is 0.260 e. The van der Waals surface area contributed by atoms with E-state index in [2.05, 4.69) is 10.3 Å². The van der Waals surface area contributed by atoms with Gasteiger partial charge < -0.3 is 10.3 Å². The van der Waals surface area contributed by atoms with Gasteiger partial charge in [-0.05, 0) is 42.3 Å². The van der Waals surface area contributed by atoms with E-state index >= 15 is 0 Å². The zero-order valence-electron chi connectivity index (χ0n) is 13.6. The minimum absolute atomic E-state index is 0.0838. The number of carbonyl (C=O) groups is 1. The zero-order chi connectivity index (χ0) is 17.8. The number of aryl methyl sites for hydroxylation is 1. The Morgan fingerprint density at radius 3 is 2.24 bits per heavy atom. The Balaban J connectivity index is 1.96. The van der Waals surface area contributed by atoms with Gasteiger partial charge >= 0.3 is 0 Å². The van der Waals surface area contributed by atoms with Crippen LogP contribution in [-0.4, -0.2) is 10.9 Å². The Morgan fingerprint density at radius 2 is 1.60 bits per heavy atom. The topological polar surface area (TPSA) is 62.0 Å². The van der Waals surface area contributed by atoms with Gasteiger partial charge in [-0.3, -0.25) is 9.59 Å². The first-order valence-electron chi connectivity index (χ1n) is 7.86. The van der Waals surface area contributed by atoms with Crippen LogP contribution in [0.15, 0.2) is 71.5 Å². The summed E-state index contributed by atoms with van der Waals surface area (Å²) in [6.07, 6.45) is 0. The van der Waals surface area contributed by atoms with Gasteiger partial charge in [0.05, 0.1) is 6.04 Å². The van der Waals surface area contributed by atoms with Gasteiger partial charge in [-0.2, -0.15) is 0 Å². The number of rotatable bonds is 4. The first-order valence-corrected chi connectivity index (χ1v) is 8.23. The summed E-state index contributed by atoms with van der Waals surface area (Å²) < 4.78 is 0. The largest absolute Gasteiger partial charge is 0.341 e. The van der Waals surface area contributed by atoms with E-state index in [1.54, 1.807) is 25.1 Å². The van der Waals surface area contributed by atoms with Crippen molar-refractivity contribution in [2.75, 3.05) is 0 Å². The molecule has 1 unspecified atom stereocenters. The highest BCUT2D eigenvalue weighted by Gasteiger charge is 2.19. The number of amides is 1. The predicted molar refractivity (Wildman–Crippen MR) is 99.0 cm³/mol. The molecule has 0 spiro atoms. The van der Waals surface area contributed by atoms with Crippen LogP contribution < -0.4 is 10.9 Å². The Hall–Kier alpha value is -2.85. The fourth-order valence-corrected chi connectivity index (χ4v) is 2.75.